The topological polar surface area (TPSA) is 78.3 Å². The minimum Gasteiger partial charge on any atom is -0.497 e. The van der Waals surface area contributed by atoms with Gasteiger partial charge < -0.3 is 10.5 Å². The largest absolute Gasteiger partial charge is 0.497 e. The Bertz CT molecular complexity index is 1450. The second-order valence-electron chi connectivity index (χ2n) is 8.17. The van der Waals surface area contributed by atoms with E-state index in [1.165, 1.54) is 12.3 Å². The number of ether oxygens (including phenoxy) is 1. The Morgan fingerprint density at radius 3 is 2.50 bits per heavy atom. The highest BCUT2D eigenvalue weighted by Gasteiger charge is 2.22. The molecule has 170 valence electrons. The minimum absolute atomic E-state index is 0.0110. The molecule has 0 amide bonds. The Labute approximate surface area is 196 Å². The van der Waals surface area contributed by atoms with Gasteiger partial charge in [-0.1, -0.05) is 49.4 Å². The van der Waals surface area contributed by atoms with Crippen molar-refractivity contribution < 1.29 is 9.13 Å². The monoisotopic (exact) mass is 453 g/mol. The predicted octanol–water partition coefficient (Wildman–Crippen LogP) is 5.26. The smallest absolute Gasteiger partial charge is 0.180 e. The molecular formula is C27H24FN5O. The van der Waals surface area contributed by atoms with Crippen LogP contribution >= 0.6 is 0 Å². The molecule has 0 saturated carbocycles. The molecule has 0 bridgehead atoms. The lowest BCUT2D eigenvalue weighted by Gasteiger charge is -2.19. The number of fused-ring (bicyclic) bond motifs is 1. The fraction of sp³-hybridized carbons (Fsp3) is 0.148. The van der Waals surface area contributed by atoms with Crippen LogP contribution in [0, 0.1) is 5.82 Å². The summed E-state index contributed by atoms with van der Waals surface area (Å²) in [5.74, 6) is 1.22. The number of nitrogens with two attached hydrogens (primary N) is 1. The SMILES string of the molecule is COc1ccc(Cc2nc(-c3cnc4ccc(F)cn34)nc(N)c2[C@@H](C)c2ccccc2)cc1. The summed E-state index contributed by atoms with van der Waals surface area (Å²) in [6.07, 6.45) is 3.57. The lowest BCUT2D eigenvalue weighted by Crippen LogP contribution is -2.12. The summed E-state index contributed by atoms with van der Waals surface area (Å²) in [7, 11) is 1.64. The van der Waals surface area contributed by atoms with E-state index in [-0.39, 0.29) is 11.7 Å². The summed E-state index contributed by atoms with van der Waals surface area (Å²) in [6, 6.07) is 21.0. The van der Waals surface area contributed by atoms with Gasteiger partial charge in [0, 0.05) is 24.1 Å². The third-order valence-electron chi connectivity index (χ3n) is 6.02. The van der Waals surface area contributed by atoms with Gasteiger partial charge in [0.1, 0.15) is 28.7 Å². The van der Waals surface area contributed by atoms with Gasteiger partial charge in [-0.25, -0.2) is 19.3 Å². The zero-order valence-corrected chi connectivity index (χ0v) is 18.9. The van der Waals surface area contributed by atoms with Crippen molar-refractivity contribution in [3.8, 4) is 17.3 Å². The molecule has 6 nitrogen and oxygen atoms in total. The molecule has 0 aliphatic heterocycles. The van der Waals surface area contributed by atoms with Crippen LogP contribution in [0.5, 0.6) is 5.75 Å². The van der Waals surface area contributed by atoms with Gasteiger partial charge in [0.25, 0.3) is 0 Å². The fourth-order valence-corrected chi connectivity index (χ4v) is 4.22. The molecule has 0 aliphatic carbocycles. The van der Waals surface area contributed by atoms with E-state index in [9.17, 15) is 4.39 Å². The third kappa shape index (κ3) is 4.08. The van der Waals surface area contributed by atoms with Gasteiger partial charge in [-0.05, 0) is 35.4 Å². The lowest BCUT2D eigenvalue weighted by atomic mass is 9.90. The van der Waals surface area contributed by atoms with Crippen LogP contribution in [0.2, 0.25) is 0 Å². The van der Waals surface area contributed by atoms with Gasteiger partial charge in [0.2, 0.25) is 0 Å². The molecule has 0 unspecified atom stereocenters. The third-order valence-corrected chi connectivity index (χ3v) is 6.02. The molecule has 0 fully saturated rings. The van der Waals surface area contributed by atoms with Crippen molar-refractivity contribution in [1.29, 1.82) is 0 Å². The number of hydrogen-bond acceptors (Lipinski definition) is 5. The van der Waals surface area contributed by atoms with Crippen molar-refractivity contribution in [3.05, 3.63) is 107 Å². The maximum atomic E-state index is 14.0. The van der Waals surface area contributed by atoms with E-state index in [0.29, 0.717) is 29.4 Å². The number of pyridine rings is 1. The lowest BCUT2D eigenvalue weighted by molar-refractivity contribution is 0.414. The zero-order chi connectivity index (χ0) is 23.7. The van der Waals surface area contributed by atoms with Crippen molar-refractivity contribution in [2.24, 2.45) is 0 Å². The molecule has 0 saturated heterocycles. The normalized spacial score (nSPS) is 12.1. The van der Waals surface area contributed by atoms with Crippen LogP contribution in [0.3, 0.4) is 0 Å². The number of hydrogen-bond donors (Lipinski definition) is 1. The Kier molecular flexibility index (Phi) is 5.67. The maximum Gasteiger partial charge on any atom is 0.180 e. The van der Waals surface area contributed by atoms with Crippen molar-refractivity contribution >= 4 is 11.5 Å². The summed E-state index contributed by atoms with van der Waals surface area (Å²) in [5.41, 5.74) is 11.6. The van der Waals surface area contributed by atoms with Gasteiger partial charge in [0.05, 0.1) is 19.0 Å². The highest BCUT2D eigenvalue weighted by atomic mass is 19.1. The second-order valence-corrected chi connectivity index (χ2v) is 8.17. The molecule has 3 aromatic heterocycles. The number of aromatic nitrogens is 4. The van der Waals surface area contributed by atoms with E-state index in [1.807, 2.05) is 42.5 Å². The molecule has 5 rings (SSSR count). The van der Waals surface area contributed by atoms with Gasteiger partial charge in [0.15, 0.2) is 5.82 Å². The highest BCUT2D eigenvalue weighted by Crippen LogP contribution is 2.33. The summed E-state index contributed by atoms with van der Waals surface area (Å²) in [5, 5.41) is 0. The first-order valence-electron chi connectivity index (χ1n) is 11.0. The molecule has 0 spiro atoms. The first-order valence-corrected chi connectivity index (χ1v) is 11.0. The molecule has 7 heteroatoms. The van der Waals surface area contributed by atoms with E-state index in [1.54, 1.807) is 23.8 Å². The van der Waals surface area contributed by atoms with Gasteiger partial charge in [-0.2, -0.15) is 0 Å². The van der Waals surface area contributed by atoms with E-state index in [4.69, 9.17) is 15.5 Å². The first-order chi connectivity index (χ1) is 16.5. The Hall–Kier alpha value is -4.26. The van der Waals surface area contributed by atoms with Crippen molar-refractivity contribution in [2.45, 2.75) is 19.3 Å². The molecule has 0 aliphatic rings. The van der Waals surface area contributed by atoms with Crippen LogP contribution in [0.25, 0.3) is 17.2 Å². The van der Waals surface area contributed by atoms with Crippen molar-refractivity contribution in [3.63, 3.8) is 0 Å². The van der Waals surface area contributed by atoms with E-state index in [2.05, 4.69) is 29.0 Å². The summed E-state index contributed by atoms with van der Waals surface area (Å²) < 4.78 is 20.9. The molecular weight excluding hydrogens is 429 g/mol. The van der Waals surface area contributed by atoms with Crippen LogP contribution in [-0.4, -0.2) is 26.5 Å². The van der Waals surface area contributed by atoms with Crippen molar-refractivity contribution in [1.82, 2.24) is 19.4 Å². The number of imidazole rings is 1. The molecule has 0 radical (unpaired) electrons. The average Bonchev–Trinajstić information content (AvgIpc) is 3.27. The number of benzene rings is 2. The predicted molar refractivity (Wildman–Crippen MR) is 130 cm³/mol. The Balaban J connectivity index is 1.65. The summed E-state index contributed by atoms with van der Waals surface area (Å²) >= 11 is 0. The number of halogens is 1. The van der Waals surface area contributed by atoms with Gasteiger partial charge >= 0.3 is 0 Å². The molecule has 2 aromatic carbocycles. The van der Waals surface area contributed by atoms with Gasteiger partial charge in [-0.3, -0.25) is 4.40 Å². The fourth-order valence-electron chi connectivity index (χ4n) is 4.22. The van der Waals surface area contributed by atoms with Crippen molar-refractivity contribution in [2.75, 3.05) is 12.8 Å². The van der Waals surface area contributed by atoms with Crippen LogP contribution in [0.1, 0.15) is 35.2 Å². The molecule has 3 heterocycles. The zero-order valence-electron chi connectivity index (χ0n) is 18.9. The Morgan fingerprint density at radius 1 is 1.00 bits per heavy atom. The molecule has 2 N–H and O–H groups in total. The maximum absolute atomic E-state index is 14.0. The Morgan fingerprint density at radius 2 is 1.76 bits per heavy atom. The van der Waals surface area contributed by atoms with Gasteiger partial charge in [-0.15, -0.1) is 0 Å². The summed E-state index contributed by atoms with van der Waals surface area (Å²) in [4.78, 5) is 13.9. The van der Waals surface area contributed by atoms with Crippen LogP contribution in [0.4, 0.5) is 10.2 Å². The van der Waals surface area contributed by atoms with Crippen LogP contribution < -0.4 is 10.5 Å². The number of nitrogens with zero attached hydrogens (tertiary/aromatic N) is 4. The first kappa shape index (κ1) is 21.6. The number of rotatable bonds is 6. The van der Waals surface area contributed by atoms with E-state index >= 15 is 0 Å². The number of anilines is 1. The van der Waals surface area contributed by atoms with Crippen LogP contribution in [-0.2, 0) is 6.42 Å². The van der Waals surface area contributed by atoms with E-state index in [0.717, 1.165) is 28.1 Å². The van der Waals surface area contributed by atoms with E-state index < -0.39 is 0 Å². The number of nitrogen functional groups attached to an aromatic ring is 1. The van der Waals surface area contributed by atoms with Crippen LogP contribution in [0.15, 0.2) is 79.1 Å². The highest BCUT2D eigenvalue weighted by molar-refractivity contribution is 5.61. The molecule has 5 aromatic rings. The number of methoxy groups -OCH3 is 1. The average molecular weight is 454 g/mol. The molecule has 1 atom stereocenters. The second kappa shape index (κ2) is 8.94. The molecule has 34 heavy (non-hydrogen) atoms. The summed E-state index contributed by atoms with van der Waals surface area (Å²) in [6.45, 7) is 2.10. The standard InChI is InChI=1S/C27H24FN5O/c1-17(19-6-4-3-5-7-19)25-22(14-18-8-11-21(34-2)12-9-18)31-27(32-26(25)29)23-15-30-24-13-10-20(28)16-33(23)24/h3-13,15-17H,14H2,1-2H3,(H2,29,31,32)/t17-/m0/s1. The quantitative estimate of drug-likeness (QED) is 0.379. The minimum atomic E-state index is -0.368.